The zero-order valence-electron chi connectivity index (χ0n) is 17.2. The monoisotopic (exact) mass is 427 g/mol. The number of nitrogens with zero attached hydrogens (tertiary/aromatic N) is 2. The van der Waals surface area contributed by atoms with E-state index in [0.717, 1.165) is 15.4 Å². The van der Waals surface area contributed by atoms with Crippen LogP contribution in [0.25, 0.3) is 0 Å². The molecule has 0 aromatic heterocycles. The molecule has 0 amide bonds. The smallest absolute Gasteiger partial charge is 0.307 e. The van der Waals surface area contributed by atoms with Crippen LogP contribution in [-0.4, -0.2) is 42.3 Å². The quantitative estimate of drug-likeness (QED) is 0.679. The van der Waals surface area contributed by atoms with E-state index in [2.05, 4.69) is 11.9 Å². The van der Waals surface area contributed by atoms with Gasteiger partial charge in [-0.05, 0) is 29.9 Å². The van der Waals surface area contributed by atoms with E-state index in [4.69, 9.17) is 0 Å². The summed E-state index contributed by atoms with van der Waals surface area (Å²) in [5.74, 6) is -0.112. The summed E-state index contributed by atoms with van der Waals surface area (Å²) in [6.07, 6.45) is 5.33. The molecule has 0 radical (unpaired) electrons. The van der Waals surface area contributed by atoms with Gasteiger partial charge in [0.05, 0.1) is 0 Å². The highest BCUT2D eigenvalue weighted by Crippen LogP contribution is 2.42. The van der Waals surface area contributed by atoms with Crippen LogP contribution in [0.3, 0.4) is 0 Å². The van der Waals surface area contributed by atoms with E-state index < -0.39 is 15.8 Å². The van der Waals surface area contributed by atoms with Crippen LogP contribution in [0.4, 0.5) is 0 Å². The Kier molecular flexibility index (Phi) is 6.97. The van der Waals surface area contributed by atoms with Crippen LogP contribution >= 0.6 is 0 Å². The molecule has 0 unspecified atom stereocenters. The summed E-state index contributed by atoms with van der Waals surface area (Å²) in [5.41, 5.74) is 0.465. The minimum atomic E-state index is -3.70. The van der Waals surface area contributed by atoms with Gasteiger partial charge in [0.25, 0.3) is 0 Å². The highest BCUT2D eigenvalue weighted by Gasteiger charge is 2.43. The van der Waals surface area contributed by atoms with Crippen molar-refractivity contribution in [3.8, 4) is 0 Å². The van der Waals surface area contributed by atoms with Crippen molar-refractivity contribution in [3.05, 3.63) is 97.0 Å². The fourth-order valence-electron chi connectivity index (χ4n) is 4.04. The average Bonchev–Trinajstić information content (AvgIpc) is 2.80. The SMILES string of the molecule is C=CN(/C=C\NC)S(=O)(=O)N1CCC(C(O)(c2ccccc2)c2ccccc2)CC1. The van der Waals surface area contributed by atoms with Crippen LogP contribution in [0.2, 0.25) is 0 Å². The summed E-state index contributed by atoms with van der Waals surface area (Å²) in [6, 6.07) is 19.2. The molecule has 0 spiro atoms. The maximum atomic E-state index is 13.0. The number of hydrogen-bond acceptors (Lipinski definition) is 4. The van der Waals surface area contributed by atoms with E-state index in [9.17, 15) is 13.5 Å². The predicted molar refractivity (Wildman–Crippen MR) is 119 cm³/mol. The van der Waals surface area contributed by atoms with Crippen molar-refractivity contribution in [2.75, 3.05) is 20.1 Å². The highest BCUT2D eigenvalue weighted by atomic mass is 32.2. The lowest BCUT2D eigenvalue weighted by Crippen LogP contribution is -2.48. The van der Waals surface area contributed by atoms with Crippen molar-refractivity contribution in [2.24, 2.45) is 5.92 Å². The van der Waals surface area contributed by atoms with Crippen LogP contribution < -0.4 is 5.32 Å². The summed E-state index contributed by atoms with van der Waals surface area (Å²) in [6.45, 7) is 4.26. The molecule has 2 aromatic rings. The van der Waals surface area contributed by atoms with Gasteiger partial charge in [-0.1, -0.05) is 67.2 Å². The summed E-state index contributed by atoms with van der Waals surface area (Å²) in [5, 5.41) is 14.7. The van der Waals surface area contributed by atoms with Crippen molar-refractivity contribution in [1.29, 1.82) is 0 Å². The first kappa shape index (κ1) is 22.1. The lowest BCUT2D eigenvalue weighted by molar-refractivity contribution is -0.00560. The van der Waals surface area contributed by atoms with Gasteiger partial charge in [0.1, 0.15) is 5.60 Å². The molecule has 30 heavy (non-hydrogen) atoms. The third kappa shape index (κ3) is 4.28. The fourth-order valence-corrected chi connectivity index (χ4v) is 5.38. The van der Waals surface area contributed by atoms with Crippen molar-refractivity contribution in [2.45, 2.75) is 18.4 Å². The summed E-state index contributed by atoms with van der Waals surface area (Å²) in [4.78, 5) is 0. The normalized spacial score (nSPS) is 16.5. The molecule has 2 aromatic carbocycles. The van der Waals surface area contributed by atoms with Gasteiger partial charge in [-0.2, -0.15) is 12.7 Å². The van der Waals surface area contributed by atoms with Crippen LogP contribution in [0.1, 0.15) is 24.0 Å². The lowest BCUT2D eigenvalue weighted by atomic mass is 9.72. The van der Waals surface area contributed by atoms with Gasteiger partial charge in [0.15, 0.2) is 0 Å². The van der Waals surface area contributed by atoms with E-state index in [1.54, 1.807) is 7.05 Å². The van der Waals surface area contributed by atoms with Crippen LogP contribution in [0, 0.1) is 5.92 Å². The van der Waals surface area contributed by atoms with E-state index in [1.807, 2.05) is 60.7 Å². The van der Waals surface area contributed by atoms with Gasteiger partial charge < -0.3 is 10.4 Å². The van der Waals surface area contributed by atoms with Crippen LogP contribution in [-0.2, 0) is 15.8 Å². The number of rotatable bonds is 8. The molecule has 1 saturated heterocycles. The number of piperidine rings is 1. The predicted octanol–water partition coefficient (Wildman–Crippen LogP) is 3.02. The molecule has 0 saturated carbocycles. The van der Waals surface area contributed by atoms with E-state index in [1.165, 1.54) is 22.9 Å². The van der Waals surface area contributed by atoms with Crippen molar-refractivity contribution in [1.82, 2.24) is 13.9 Å². The lowest BCUT2D eigenvalue weighted by Gasteiger charge is -2.42. The van der Waals surface area contributed by atoms with E-state index >= 15 is 0 Å². The van der Waals surface area contributed by atoms with E-state index in [0.29, 0.717) is 25.9 Å². The largest absolute Gasteiger partial charge is 0.393 e. The van der Waals surface area contributed by atoms with Gasteiger partial charge in [0.2, 0.25) is 0 Å². The maximum absolute atomic E-state index is 13.0. The summed E-state index contributed by atoms with van der Waals surface area (Å²) < 4.78 is 28.5. The number of hydrogen-bond donors (Lipinski definition) is 2. The molecular weight excluding hydrogens is 398 g/mol. The third-order valence-corrected chi connectivity index (χ3v) is 7.45. The molecule has 1 heterocycles. The Morgan fingerprint density at radius 1 is 1.07 bits per heavy atom. The molecule has 7 heteroatoms. The second-order valence-corrected chi connectivity index (χ2v) is 9.13. The van der Waals surface area contributed by atoms with Crippen molar-refractivity contribution in [3.63, 3.8) is 0 Å². The summed E-state index contributed by atoms with van der Waals surface area (Å²) >= 11 is 0. The molecule has 6 nitrogen and oxygen atoms in total. The van der Waals surface area contributed by atoms with E-state index in [-0.39, 0.29) is 5.92 Å². The standard InChI is InChI=1S/C23H29N3O3S/c1-3-25(19-16-24-2)30(28,29)26-17-14-22(15-18-26)23(27,20-10-6-4-7-11-20)21-12-8-5-9-13-21/h3-13,16,19,22,24,27H,1,14-15,17-18H2,2H3/b19-16-. The molecule has 160 valence electrons. The Balaban J connectivity index is 1.85. The molecule has 0 atom stereocenters. The van der Waals surface area contributed by atoms with Crippen molar-refractivity contribution >= 4 is 10.2 Å². The van der Waals surface area contributed by atoms with Gasteiger partial charge in [-0.3, -0.25) is 0 Å². The molecule has 1 aliphatic heterocycles. The van der Waals surface area contributed by atoms with Gasteiger partial charge in [-0.25, -0.2) is 4.31 Å². The Hall–Kier alpha value is -2.61. The fraction of sp³-hybridized carbons (Fsp3) is 0.304. The second kappa shape index (κ2) is 9.47. The Morgan fingerprint density at radius 3 is 2.00 bits per heavy atom. The molecule has 2 N–H and O–H groups in total. The Morgan fingerprint density at radius 2 is 1.57 bits per heavy atom. The first-order chi connectivity index (χ1) is 14.4. The van der Waals surface area contributed by atoms with Gasteiger partial charge in [-0.15, -0.1) is 0 Å². The number of nitrogens with one attached hydrogen (secondary N) is 1. The third-order valence-electron chi connectivity index (χ3n) is 5.63. The zero-order chi connectivity index (χ0) is 21.6. The van der Waals surface area contributed by atoms with Gasteiger partial charge >= 0.3 is 10.2 Å². The zero-order valence-corrected chi connectivity index (χ0v) is 18.0. The molecule has 0 aliphatic carbocycles. The first-order valence-electron chi connectivity index (χ1n) is 10.0. The number of aliphatic hydroxyl groups is 1. The van der Waals surface area contributed by atoms with Crippen LogP contribution in [0.15, 0.2) is 85.8 Å². The Labute approximate surface area is 179 Å². The number of benzene rings is 2. The molecule has 3 rings (SSSR count). The topological polar surface area (TPSA) is 72.9 Å². The van der Waals surface area contributed by atoms with Gasteiger partial charge in [0, 0.05) is 38.7 Å². The molecule has 1 fully saturated rings. The minimum Gasteiger partial charge on any atom is -0.393 e. The second-order valence-electron chi connectivity index (χ2n) is 7.30. The molecule has 1 aliphatic rings. The first-order valence-corrected chi connectivity index (χ1v) is 11.4. The molecule has 0 bridgehead atoms. The van der Waals surface area contributed by atoms with Crippen LogP contribution in [0.5, 0.6) is 0 Å². The maximum Gasteiger partial charge on any atom is 0.307 e. The van der Waals surface area contributed by atoms with Crippen molar-refractivity contribution < 1.29 is 13.5 Å². The summed E-state index contributed by atoms with van der Waals surface area (Å²) in [7, 11) is -2.01. The molecular formula is C23H29N3O3S. The Bertz CT molecular complexity index is 914. The minimum absolute atomic E-state index is 0.112. The average molecular weight is 428 g/mol. The highest BCUT2D eigenvalue weighted by molar-refractivity contribution is 7.86.